The highest BCUT2D eigenvalue weighted by molar-refractivity contribution is 5.78. The highest BCUT2D eigenvalue weighted by Gasteiger charge is 2.37. The second-order valence-corrected chi connectivity index (χ2v) is 5.07. The second-order valence-electron chi connectivity index (χ2n) is 5.07. The van der Waals surface area contributed by atoms with Gasteiger partial charge in [0.25, 0.3) is 0 Å². The van der Waals surface area contributed by atoms with Gasteiger partial charge < -0.3 is 9.47 Å². The minimum atomic E-state index is -0.396. The van der Waals surface area contributed by atoms with Crippen molar-refractivity contribution < 1.29 is 14.3 Å². The first-order chi connectivity index (χ1) is 9.08. The zero-order valence-electron chi connectivity index (χ0n) is 12.0. The molecule has 0 bridgehead atoms. The average Bonchev–Trinajstić information content (AvgIpc) is 3.23. The number of carbonyl (C=O) groups is 1. The zero-order valence-corrected chi connectivity index (χ0v) is 12.0. The molecule has 0 aliphatic heterocycles. The first kappa shape index (κ1) is 13.9. The first-order valence-corrected chi connectivity index (χ1v) is 6.52. The molecular weight excluding hydrogens is 242 g/mol. The minimum Gasteiger partial charge on any atom is -0.496 e. The standard InChI is InChI=1S/C15H21NO3/c1-10-5-8-13(18-3)12(9-10)14(15(17)19-4)16(2)11-6-7-11/h5,8-9,11,14H,6-7H2,1-4H3. The number of benzene rings is 1. The van der Waals surface area contributed by atoms with Crippen molar-refractivity contribution in [2.45, 2.75) is 31.8 Å². The lowest BCUT2D eigenvalue weighted by molar-refractivity contribution is -0.147. The number of nitrogens with zero attached hydrogens (tertiary/aromatic N) is 1. The van der Waals surface area contributed by atoms with Gasteiger partial charge in [0.2, 0.25) is 0 Å². The van der Waals surface area contributed by atoms with Crippen LogP contribution in [0.4, 0.5) is 0 Å². The molecule has 1 saturated carbocycles. The summed E-state index contributed by atoms with van der Waals surface area (Å²) in [6.45, 7) is 2.01. The van der Waals surface area contributed by atoms with Gasteiger partial charge in [0, 0.05) is 11.6 Å². The predicted molar refractivity (Wildman–Crippen MR) is 73.3 cm³/mol. The van der Waals surface area contributed by atoms with E-state index in [0.29, 0.717) is 6.04 Å². The molecule has 0 N–H and O–H groups in total. The van der Waals surface area contributed by atoms with Crippen LogP contribution in [0.25, 0.3) is 0 Å². The van der Waals surface area contributed by atoms with E-state index in [1.165, 1.54) is 7.11 Å². The van der Waals surface area contributed by atoms with Crippen LogP contribution in [0, 0.1) is 6.92 Å². The van der Waals surface area contributed by atoms with Crippen molar-refractivity contribution >= 4 is 5.97 Å². The number of methoxy groups -OCH3 is 2. The van der Waals surface area contributed by atoms with E-state index in [1.54, 1.807) is 7.11 Å². The molecule has 0 radical (unpaired) electrons. The molecule has 1 unspecified atom stereocenters. The summed E-state index contributed by atoms with van der Waals surface area (Å²) in [4.78, 5) is 14.2. The van der Waals surface area contributed by atoms with Crippen molar-refractivity contribution in [1.29, 1.82) is 0 Å². The molecule has 0 spiro atoms. The number of aryl methyl sites for hydroxylation is 1. The fourth-order valence-corrected chi connectivity index (χ4v) is 2.38. The number of likely N-dealkylation sites (N-methyl/N-ethyl adjacent to an activating group) is 1. The summed E-state index contributed by atoms with van der Waals surface area (Å²) in [5.74, 6) is 0.492. The molecule has 4 heteroatoms. The normalized spacial score (nSPS) is 16.3. The van der Waals surface area contributed by atoms with E-state index in [4.69, 9.17) is 9.47 Å². The van der Waals surface area contributed by atoms with Gasteiger partial charge in [-0.05, 0) is 32.9 Å². The van der Waals surface area contributed by atoms with E-state index in [1.807, 2.05) is 32.2 Å². The van der Waals surface area contributed by atoms with Crippen LogP contribution in [-0.2, 0) is 9.53 Å². The molecule has 1 atom stereocenters. The molecule has 4 nitrogen and oxygen atoms in total. The molecule has 0 aromatic heterocycles. The van der Waals surface area contributed by atoms with E-state index in [2.05, 4.69) is 4.90 Å². The molecule has 19 heavy (non-hydrogen) atoms. The highest BCUT2D eigenvalue weighted by atomic mass is 16.5. The van der Waals surface area contributed by atoms with Crippen LogP contribution >= 0.6 is 0 Å². The lowest BCUT2D eigenvalue weighted by Gasteiger charge is -2.27. The van der Waals surface area contributed by atoms with Crippen LogP contribution in [0.15, 0.2) is 18.2 Å². The van der Waals surface area contributed by atoms with Crippen LogP contribution in [0.5, 0.6) is 5.75 Å². The Balaban J connectivity index is 2.41. The highest BCUT2D eigenvalue weighted by Crippen LogP contribution is 2.37. The van der Waals surface area contributed by atoms with Gasteiger partial charge in [0.1, 0.15) is 11.8 Å². The van der Waals surface area contributed by atoms with Gasteiger partial charge in [0.05, 0.1) is 14.2 Å². The van der Waals surface area contributed by atoms with E-state index in [9.17, 15) is 4.79 Å². The molecule has 0 saturated heterocycles. The SMILES string of the molecule is COC(=O)C(c1cc(C)ccc1OC)N(C)C1CC1. The van der Waals surface area contributed by atoms with Gasteiger partial charge in [-0.15, -0.1) is 0 Å². The second kappa shape index (κ2) is 5.61. The Morgan fingerprint density at radius 1 is 1.37 bits per heavy atom. The molecule has 1 fully saturated rings. The molecular formula is C15H21NO3. The maximum atomic E-state index is 12.1. The van der Waals surface area contributed by atoms with Crippen LogP contribution in [0.3, 0.4) is 0 Å². The minimum absolute atomic E-state index is 0.238. The van der Waals surface area contributed by atoms with E-state index in [-0.39, 0.29) is 5.97 Å². The Morgan fingerprint density at radius 2 is 2.05 bits per heavy atom. The quantitative estimate of drug-likeness (QED) is 0.764. The molecule has 2 rings (SSSR count). The van der Waals surface area contributed by atoms with Crippen LogP contribution in [-0.4, -0.2) is 38.2 Å². The molecule has 1 aliphatic rings. The Hall–Kier alpha value is -1.55. The van der Waals surface area contributed by atoms with Crippen LogP contribution in [0.1, 0.15) is 30.0 Å². The van der Waals surface area contributed by atoms with Crippen molar-refractivity contribution in [3.05, 3.63) is 29.3 Å². The average molecular weight is 263 g/mol. The summed E-state index contributed by atoms with van der Waals surface area (Å²) in [5, 5.41) is 0. The number of ether oxygens (including phenoxy) is 2. The summed E-state index contributed by atoms with van der Waals surface area (Å²) in [5.41, 5.74) is 1.98. The van der Waals surface area contributed by atoms with E-state index < -0.39 is 6.04 Å². The summed E-state index contributed by atoms with van der Waals surface area (Å²) in [6.07, 6.45) is 2.27. The van der Waals surface area contributed by atoms with Crippen molar-refractivity contribution in [3.8, 4) is 5.75 Å². The van der Waals surface area contributed by atoms with Gasteiger partial charge in [-0.25, -0.2) is 4.79 Å². The summed E-state index contributed by atoms with van der Waals surface area (Å²) < 4.78 is 10.4. The summed E-state index contributed by atoms with van der Waals surface area (Å²) >= 11 is 0. The molecule has 1 aromatic carbocycles. The van der Waals surface area contributed by atoms with Crippen LogP contribution in [0.2, 0.25) is 0 Å². The maximum Gasteiger partial charge on any atom is 0.327 e. The third-order valence-electron chi connectivity index (χ3n) is 3.63. The summed E-state index contributed by atoms with van der Waals surface area (Å²) in [6, 6.07) is 5.95. The zero-order chi connectivity index (χ0) is 14.0. The lowest BCUT2D eigenvalue weighted by atomic mass is 10.0. The Labute approximate surface area is 114 Å². The van der Waals surface area contributed by atoms with Gasteiger partial charge in [-0.3, -0.25) is 4.90 Å². The van der Waals surface area contributed by atoms with Gasteiger partial charge in [-0.2, -0.15) is 0 Å². The maximum absolute atomic E-state index is 12.1. The monoisotopic (exact) mass is 263 g/mol. The van der Waals surface area contributed by atoms with E-state index >= 15 is 0 Å². The van der Waals surface area contributed by atoms with Gasteiger partial charge in [-0.1, -0.05) is 17.7 Å². The Morgan fingerprint density at radius 3 is 2.58 bits per heavy atom. The van der Waals surface area contributed by atoms with Gasteiger partial charge >= 0.3 is 5.97 Å². The van der Waals surface area contributed by atoms with Gasteiger partial charge in [0.15, 0.2) is 0 Å². The molecule has 0 amide bonds. The fourth-order valence-electron chi connectivity index (χ4n) is 2.38. The van der Waals surface area contributed by atoms with E-state index in [0.717, 1.165) is 29.7 Å². The van der Waals surface area contributed by atoms with Crippen LogP contribution < -0.4 is 4.74 Å². The molecule has 104 valence electrons. The smallest absolute Gasteiger partial charge is 0.327 e. The number of carbonyl (C=O) groups excluding carboxylic acids is 1. The van der Waals surface area contributed by atoms with Crippen molar-refractivity contribution in [2.75, 3.05) is 21.3 Å². The number of hydrogen-bond acceptors (Lipinski definition) is 4. The van der Waals surface area contributed by atoms with Crippen molar-refractivity contribution in [2.24, 2.45) is 0 Å². The topological polar surface area (TPSA) is 38.8 Å². The lowest BCUT2D eigenvalue weighted by Crippen LogP contribution is -2.33. The van der Waals surface area contributed by atoms with Crippen molar-refractivity contribution in [3.63, 3.8) is 0 Å². The number of hydrogen-bond donors (Lipinski definition) is 0. The Kier molecular flexibility index (Phi) is 4.10. The molecule has 1 aromatic rings. The fraction of sp³-hybridized carbons (Fsp3) is 0.533. The third kappa shape index (κ3) is 2.89. The predicted octanol–water partition coefficient (Wildman–Crippen LogP) is 2.31. The molecule has 0 heterocycles. The third-order valence-corrected chi connectivity index (χ3v) is 3.63. The van der Waals surface area contributed by atoms with Crippen molar-refractivity contribution in [1.82, 2.24) is 4.90 Å². The largest absolute Gasteiger partial charge is 0.496 e. The number of rotatable bonds is 5. The first-order valence-electron chi connectivity index (χ1n) is 6.52. The summed E-state index contributed by atoms with van der Waals surface area (Å²) in [7, 11) is 5.03. The Bertz CT molecular complexity index is 468. The molecule has 1 aliphatic carbocycles. The number of esters is 1.